The number of aromatic nitrogens is 3. The van der Waals surface area contributed by atoms with Crippen molar-refractivity contribution in [3.63, 3.8) is 0 Å². The van der Waals surface area contributed by atoms with Crippen molar-refractivity contribution in [2.45, 2.75) is 38.8 Å². The van der Waals surface area contributed by atoms with Crippen LogP contribution < -0.4 is 5.32 Å². The van der Waals surface area contributed by atoms with Crippen LogP contribution in [0.25, 0.3) is 10.9 Å². The Kier molecular flexibility index (Phi) is 5.60. The van der Waals surface area contributed by atoms with Gasteiger partial charge in [-0.3, -0.25) is 4.90 Å². The molecule has 0 radical (unpaired) electrons. The largest absolute Gasteiger partial charge is 0.443 e. The zero-order valence-electron chi connectivity index (χ0n) is 16.2. The fraction of sp³-hybridized carbons (Fsp3) is 0.421. The molecule has 6 nitrogen and oxygen atoms in total. The summed E-state index contributed by atoms with van der Waals surface area (Å²) in [6.07, 6.45) is -3.30. The predicted octanol–water partition coefficient (Wildman–Crippen LogP) is 4.60. The summed E-state index contributed by atoms with van der Waals surface area (Å²) >= 11 is 0.480. The molecule has 0 bridgehead atoms. The van der Waals surface area contributed by atoms with E-state index >= 15 is 0 Å². The first-order valence-corrected chi connectivity index (χ1v) is 10.1. The number of morpholine rings is 1. The molecule has 2 aromatic heterocycles. The molecule has 160 valence electrons. The highest BCUT2D eigenvalue weighted by Crippen LogP contribution is 2.36. The Morgan fingerprint density at radius 3 is 2.60 bits per heavy atom. The molecule has 0 aliphatic carbocycles. The Hall–Kier alpha value is -2.37. The van der Waals surface area contributed by atoms with E-state index in [4.69, 9.17) is 4.74 Å². The van der Waals surface area contributed by atoms with Gasteiger partial charge < -0.3 is 10.1 Å². The van der Waals surface area contributed by atoms with Crippen molar-refractivity contribution in [2.24, 2.45) is 0 Å². The maximum Gasteiger partial charge on any atom is 0.443 e. The normalized spacial score (nSPS) is 20.6. The van der Waals surface area contributed by atoms with E-state index in [0.29, 0.717) is 53.5 Å². The van der Waals surface area contributed by atoms with Crippen molar-refractivity contribution in [1.82, 2.24) is 19.9 Å². The standard InChI is InChI=1S/C19H19F4N5OS/c1-10-7-28(8-11(2)29-10)9-15-25-14-5-12(20)3-4-13(14)17(26-15)27-16-6-24-18(30-16)19(21,22)23/h3-6,10-11H,7-9H2,1-2H3,(H,25,26,27). The summed E-state index contributed by atoms with van der Waals surface area (Å²) in [7, 11) is 0. The predicted molar refractivity (Wildman–Crippen MR) is 105 cm³/mol. The van der Waals surface area contributed by atoms with Crippen LogP contribution in [0.4, 0.5) is 28.4 Å². The summed E-state index contributed by atoms with van der Waals surface area (Å²) in [5.74, 6) is 0.294. The minimum Gasteiger partial charge on any atom is -0.373 e. The van der Waals surface area contributed by atoms with Crippen LogP contribution in [0.1, 0.15) is 24.7 Å². The van der Waals surface area contributed by atoms with Gasteiger partial charge >= 0.3 is 6.18 Å². The molecule has 30 heavy (non-hydrogen) atoms. The van der Waals surface area contributed by atoms with Crippen LogP contribution in [0, 0.1) is 5.82 Å². The summed E-state index contributed by atoms with van der Waals surface area (Å²) in [5.41, 5.74) is 0.373. The molecule has 0 spiro atoms. The van der Waals surface area contributed by atoms with Gasteiger partial charge in [-0.25, -0.2) is 19.3 Å². The van der Waals surface area contributed by atoms with E-state index in [0.717, 1.165) is 6.20 Å². The highest BCUT2D eigenvalue weighted by Gasteiger charge is 2.34. The fourth-order valence-corrected chi connectivity index (χ4v) is 4.19. The molecular weight excluding hydrogens is 422 g/mol. The van der Waals surface area contributed by atoms with Gasteiger partial charge in [0.15, 0.2) is 5.01 Å². The minimum atomic E-state index is -4.52. The average Bonchev–Trinajstić information content (AvgIpc) is 3.09. The van der Waals surface area contributed by atoms with E-state index in [1.165, 1.54) is 18.2 Å². The number of ether oxygens (including phenoxy) is 1. The van der Waals surface area contributed by atoms with Gasteiger partial charge in [0.1, 0.15) is 22.5 Å². The Morgan fingerprint density at radius 1 is 1.20 bits per heavy atom. The van der Waals surface area contributed by atoms with Crippen molar-refractivity contribution in [1.29, 1.82) is 0 Å². The summed E-state index contributed by atoms with van der Waals surface area (Å²) in [6.45, 7) is 5.77. The number of hydrogen-bond acceptors (Lipinski definition) is 7. The topological polar surface area (TPSA) is 63.2 Å². The number of anilines is 2. The molecule has 1 fully saturated rings. The van der Waals surface area contributed by atoms with E-state index in [9.17, 15) is 17.6 Å². The lowest BCUT2D eigenvalue weighted by Crippen LogP contribution is -2.45. The number of alkyl halides is 3. The molecule has 0 amide bonds. The Balaban J connectivity index is 1.66. The zero-order valence-corrected chi connectivity index (χ0v) is 17.0. The lowest BCUT2D eigenvalue weighted by atomic mass is 10.2. The fourth-order valence-electron chi connectivity index (χ4n) is 3.51. The van der Waals surface area contributed by atoms with E-state index in [1.807, 2.05) is 13.8 Å². The molecule has 1 aliphatic rings. The van der Waals surface area contributed by atoms with Gasteiger partial charge in [0.2, 0.25) is 0 Å². The number of thiazole rings is 1. The molecule has 11 heteroatoms. The summed E-state index contributed by atoms with van der Waals surface area (Å²) in [5, 5.41) is 2.63. The first kappa shape index (κ1) is 20.9. The van der Waals surface area contributed by atoms with Crippen LogP contribution in [0.3, 0.4) is 0 Å². The number of fused-ring (bicyclic) bond motifs is 1. The second kappa shape index (κ2) is 8.05. The summed E-state index contributed by atoms with van der Waals surface area (Å²) in [6, 6.07) is 4.04. The van der Waals surface area contributed by atoms with Crippen molar-refractivity contribution >= 4 is 33.1 Å². The van der Waals surface area contributed by atoms with Gasteiger partial charge in [-0.15, -0.1) is 0 Å². The summed E-state index contributed by atoms with van der Waals surface area (Å²) in [4.78, 5) is 14.5. The Bertz CT molecular complexity index is 1050. The minimum absolute atomic E-state index is 0.0576. The monoisotopic (exact) mass is 441 g/mol. The number of nitrogens with one attached hydrogen (secondary N) is 1. The smallest absolute Gasteiger partial charge is 0.373 e. The molecule has 2 unspecified atom stereocenters. The number of hydrogen-bond donors (Lipinski definition) is 1. The van der Waals surface area contributed by atoms with E-state index in [2.05, 4.69) is 25.2 Å². The van der Waals surface area contributed by atoms with Gasteiger partial charge in [0.25, 0.3) is 0 Å². The van der Waals surface area contributed by atoms with E-state index in [1.54, 1.807) is 0 Å². The van der Waals surface area contributed by atoms with Gasteiger partial charge in [0.05, 0.1) is 30.5 Å². The lowest BCUT2D eigenvalue weighted by Gasteiger charge is -2.34. The molecule has 1 saturated heterocycles. The van der Waals surface area contributed by atoms with Gasteiger partial charge in [-0.2, -0.15) is 13.2 Å². The van der Waals surface area contributed by atoms with Gasteiger partial charge in [-0.1, -0.05) is 11.3 Å². The van der Waals surface area contributed by atoms with Crippen LogP contribution >= 0.6 is 11.3 Å². The third-order valence-corrected chi connectivity index (χ3v) is 5.51. The quantitative estimate of drug-likeness (QED) is 0.598. The molecule has 4 rings (SSSR count). The van der Waals surface area contributed by atoms with Gasteiger partial charge in [0, 0.05) is 24.5 Å². The number of benzene rings is 1. The van der Waals surface area contributed by atoms with Crippen LogP contribution in [0.5, 0.6) is 0 Å². The molecule has 0 saturated carbocycles. The van der Waals surface area contributed by atoms with Crippen LogP contribution in [0.2, 0.25) is 0 Å². The van der Waals surface area contributed by atoms with E-state index in [-0.39, 0.29) is 17.2 Å². The SMILES string of the molecule is CC1CN(Cc2nc(Nc3cnc(C(F)(F)F)s3)c3ccc(F)cc3n2)CC(C)O1. The molecule has 2 atom stereocenters. The molecule has 3 heterocycles. The Labute approximate surface area is 173 Å². The summed E-state index contributed by atoms with van der Waals surface area (Å²) < 4.78 is 58.1. The first-order valence-electron chi connectivity index (χ1n) is 9.31. The van der Waals surface area contributed by atoms with Crippen molar-refractivity contribution in [3.8, 4) is 0 Å². The first-order chi connectivity index (χ1) is 14.2. The number of halogens is 4. The molecule has 3 aromatic rings. The number of rotatable bonds is 4. The molecule has 1 N–H and O–H groups in total. The highest BCUT2D eigenvalue weighted by molar-refractivity contribution is 7.15. The zero-order chi connectivity index (χ0) is 21.5. The molecule has 1 aromatic carbocycles. The highest BCUT2D eigenvalue weighted by atomic mass is 32.1. The molecular formula is C19H19F4N5OS. The third-order valence-electron chi connectivity index (χ3n) is 4.56. The van der Waals surface area contributed by atoms with Gasteiger partial charge in [-0.05, 0) is 26.0 Å². The number of nitrogens with zero attached hydrogens (tertiary/aromatic N) is 4. The average molecular weight is 441 g/mol. The maximum absolute atomic E-state index is 13.8. The van der Waals surface area contributed by atoms with E-state index < -0.39 is 17.0 Å². The van der Waals surface area contributed by atoms with Crippen LogP contribution in [-0.4, -0.2) is 45.1 Å². The van der Waals surface area contributed by atoms with Crippen molar-refractivity contribution in [3.05, 3.63) is 41.0 Å². The second-order valence-electron chi connectivity index (χ2n) is 7.25. The van der Waals surface area contributed by atoms with Crippen LogP contribution in [-0.2, 0) is 17.5 Å². The Morgan fingerprint density at radius 2 is 1.93 bits per heavy atom. The maximum atomic E-state index is 13.8. The third kappa shape index (κ3) is 4.68. The lowest BCUT2D eigenvalue weighted by molar-refractivity contribution is -0.137. The van der Waals surface area contributed by atoms with Crippen LogP contribution in [0.15, 0.2) is 24.4 Å². The van der Waals surface area contributed by atoms with Crippen molar-refractivity contribution < 1.29 is 22.3 Å². The molecule has 1 aliphatic heterocycles. The van der Waals surface area contributed by atoms with Crippen molar-refractivity contribution in [2.75, 3.05) is 18.4 Å². The second-order valence-corrected chi connectivity index (χ2v) is 8.28.